The second kappa shape index (κ2) is 8.34. The molecule has 138 valence electrons. The number of aliphatic imine (C=N–C) groups is 1. The van der Waals surface area contributed by atoms with Gasteiger partial charge in [-0.15, -0.1) is 0 Å². The molecule has 1 heterocycles. The van der Waals surface area contributed by atoms with Gasteiger partial charge >= 0.3 is 0 Å². The van der Waals surface area contributed by atoms with Gasteiger partial charge in [0, 0.05) is 27.2 Å². The van der Waals surface area contributed by atoms with E-state index in [2.05, 4.69) is 39.6 Å². The highest BCUT2D eigenvalue weighted by molar-refractivity contribution is 5.84. The number of hydrogen-bond acceptors (Lipinski definition) is 3. The second-order valence-electron chi connectivity index (χ2n) is 7.03. The summed E-state index contributed by atoms with van der Waals surface area (Å²) < 4.78 is 5.98. The molecule has 0 bridgehead atoms. The van der Waals surface area contributed by atoms with Gasteiger partial charge in [-0.2, -0.15) is 0 Å². The Balaban J connectivity index is 2.03. The summed E-state index contributed by atoms with van der Waals surface area (Å²) in [6.07, 6.45) is 0.0282. The molecule has 1 aromatic rings. The number of ether oxygens (including phenoxy) is 1. The highest BCUT2D eigenvalue weighted by Crippen LogP contribution is 2.25. The number of carbonyl (C=O) groups excluding carboxylic acids is 1. The van der Waals surface area contributed by atoms with E-state index in [9.17, 15) is 4.79 Å². The summed E-state index contributed by atoms with van der Waals surface area (Å²) in [5, 5.41) is 6.05. The molecular weight excluding hydrogens is 316 g/mol. The van der Waals surface area contributed by atoms with Crippen LogP contribution in [0.25, 0.3) is 0 Å². The number of guanidine groups is 1. The Morgan fingerprint density at radius 2 is 2.12 bits per heavy atom. The molecule has 1 unspecified atom stereocenters. The van der Waals surface area contributed by atoms with E-state index in [1.165, 1.54) is 11.1 Å². The van der Waals surface area contributed by atoms with Gasteiger partial charge in [0.25, 0.3) is 0 Å². The van der Waals surface area contributed by atoms with Crippen molar-refractivity contribution in [2.75, 3.05) is 40.3 Å². The van der Waals surface area contributed by atoms with Crippen molar-refractivity contribution >= 4 is 11.9 Å². The van der Waals surface area contributed by atoms with E-state index in [-0.39, 0.29) is 12.0 Å². The van der Waals surface area contributed by atoms with Crippen LogP contribution in [0.1, 0.15) is 31.1 Å². The van der Waals surface area contributed by atoms with E-state index >= 15 is 0 Å². The minimum atomic E-state index is -0.508. The summed E-state index contributed by atoms with van der Waals surface area (Å²) in [7, 11) is 3.43. The zero-order valence-electron chi connectivity index (χ0n) is 15.9. The van der Waals surface area contributed by atoms with Crippen LogP contribution in [0.5, 0.6) is 0 Å². The van der Waals surface area contributed by atoms with E-state index in [4.69, 9.17) is 4.74 Å². The Morgan fingerprint density at radius 1 is 1.40 bits per heavy atom. The van der Waals surface area contributed by atoms with Crippen molar-refractivity contribution in [2.24, 2.45) is 10.4 Å². The van der Waals surface area contributed by atoms with Gasteiger partial charge in [0.15, 0.2) is 5.96 Å². The number of nitrogens with zero attached hydrogens (tertiary/aromatic N) is 2. The number of amides is 1. The lowest BCUT2D eigenvalue weighted by Crippen LogP contribution is -2.51. The molecule has 0 radical (unpaired) electrons. The zero-order valence-corrected chi connectivity index (χ0v) is 15.9. The normalized spacial score (nSPS) is 18.8. The summed E-state index contributed by atoms with van der Waals surface area (Å²) in [5.41, 5.74) is 1.94. The Morgan fingerprint density at radius 3 is 2.76 bits per heavy atom. The van der Waals surface area contributed by atoms with E-state index in [0.717, 1.165) is 19.0 Å². The summed E-state index contributed by atoms with van der Waals surface area (Å²) in [5.74, 6) is 0.814. The molecule has 2 N–H and O–H groups in total. The van der Waals surface area contributed by atoms with Crippen LogP contribution in [0.4, 0.5) is 0 Å². The van der Waals surface area contributed by atoms with Crippen molar-refractivity contribution in [1.82, 2.24) is 15.5 Å². The van der Waals surface area contributed by atoms with Crippen molar-refractivity contribution in [1.29, 1.82) is 0 Å². The molecule has 0 aromatic heterocycles. The number of hydrogen-bond donors (Lipinski definition) is 2. The van der Waals surface area contributed by atoms with E-state index in [1.54, 1.807) is 14.1 Å². The fourth-order valence-corrected chi connectivity index (χ4v) is 3.03. The molecule has 0 spiro atoms. The van der Waals surface area contributed by atoms with Gasteiger partial charge in [0.2, 0.25) is 5.91 Å². The van der Waals surface area contributed by atoms with Crippen LogP contribution >= 0.6 is 0 Å². The maximum absolute atomic E-state index is 12.0. The van der Waals surface area contributed by atoms with Gasteiger partial charge in [-0.05, 0) is 31.9 Å². The average Bonchev–Trinajstić information content (AvgIpc) is 2.62. The van der Waals surface area contributed by atoms with Crippen molar-refractivity contribution in [3.05, 3.63) is 35.4 Å². The Hall–Kier alpha value is -2.08. The predicted molar refractivity (Wildman–Crippen MR) is 101 cm³/mol. The van der Waals surface area contributed by atoms with Crippen molar-refractivity contribution < 1.29 is 9.53 Å². The van der Waals surface area contributed by atoms with Crippen molar-refractivity contribution in [3.8, 4) is 0 Å². The number of benzene rings is 1. The molecule has 0 saturated carbocycles. The Labute approximate surface area is 150 Å². The standard InChI is InChI=1S/C19H30N4O2/c1-14-8-6-7-9-15(14)16-12-23(10-11-25-16)18(21-5)22-13-19(2,3)17(24)20-4/h6-9,16H,10-13H2,1-5H3,(H,20,24)(H,21,22). The first kappa shape index (κ1) is 19.2. The average molecular weight is 346 g/mol. The SMILES string of the molecule is CN=C(NCC(C)(C)C(=O)NC)N1CCOC(c2ccccc2C)C1. The fourth-order valence-electron chi connectivity index (χ4n) is 3.03. The van der Waals surface area contributed by atoms with Gasteiger partial charge in [-0.1, -0.05) is 24.3 Å². The lowest BCUT2D eigenvalue weighted by molar-refractivity contribution is -0.128. The van der Waals surface area contributed by atoms with Crippen molar-refractivity contribution in [3.63, 3.8) is 0 Å². The Kier molecular flexibility index (Phi) is 6.42. The van der Waals surface area contributed by atoms with Crippen LogP contribution in [0.2, 0.25) is 0 Å². The van der Waals surface area contributed by atoms with Crippen LogP contribution in [0.15, 0.2) is 29.3 Å². The van der Waals surface area contributed by atoms with Gasteiger partial charge in [-0.3, -0.25) is 9.79 Å². The lowest BCUT2D eigenvalue weighted by atomic mass is 9.92. The van der Waals surface area contributed by atoms with Crippen LogP contribution < -0.4 is 10.6 Å². The summed E-state index contributed by atoms with van der Waals surface area (Å²) >= 11 is 0. The van der Waals surface area contributed by atoms with Gasteiger partial charge in [0.1, 0.15) is 6.10 Å². The number of carbonyl (C=O) groups is 1. The number of aryl methyl sites for hydroxylation is 1. The van der Waals surface area contributed by atoms with Crippen LogP contribution in [-0.2, 0) is 9.53 Å². The minimum absolute atomic E-state index is 0.00946. The highest BCUT2D eigenvalue weighted by atomic mass is 16.5. The quantitative estimate of drug-likeness (QED) is 0.643. The van der Waals surface area contributed by atoms with Gasteiger partial charge in [-0.25, -0.2) is 0 Å². The molecular formula is C19H30N4O2. The maximum atomic E-state index is 12.0. The Bertz CT molecular complexity index is 628. The molecule has 6 heteroatoms. The molecule has 1 fully saturated rings. The molecule has 25 heavy (non-hydrogen) atoms. The third-order valence-corrected chi connectivity index (χ3v) is 4.64. The molecule has 1 saturated heterocycles. The van der Waals surface area contributed by atoms with Crippen LogP contribution in [0.3, 0.4) is 0 Å². The van der Waals surface area contributed by atoms with E-state index in [1.807, 2.05) is 26.0 Å². The molecule has 0 aliphatic carbocycles. The van der Waals surface area contributed by atoms with E-state index < -0.39 is 5.41 Å². The lowest BCUT2D eigenvalue weighted by Gasteiger charge is -2.36. The first-order chi connectivity index (χ1) is 11.9. The monoisotopic (exact) mass is 346 g/mol. The van der Waals surface area contributed by atoms with Gasteiger partial charge in [0.05, 0.1) is 18.6 Å². The molecule has 1 atom stereocenters. The summed E-state index contributed by atoms with van der Waals surface area (Å²) in [6, 6.07) is 8.31. The molecule has 2 rings (SSSR count). The molecule has 1 aromatic carbocycles. The largest absolute Gasteiger partial charge is 0.370 e. The van der Waals surface area contributed by atoms with Crippen LogP contribution in [-0.4, -0.2) is 57.1 Å². The minimum Gasteiger partial charge on any atom is -0.370 e. The van der Waals surface area contributed by atoms with Gasteiger partial charge < -0.3 is 20.3 Å². The molecule has 1 aliphatic heterocycles. The fraction of sp³-hybridized carbons (Fsp3) is 0.579. The third kappa shape index (κ3) is 4.72. The highest BCUT2D eigenvalue weighted by Gasteiger charge is 2.29. The van der Waals surface area contributed by atoms with Crippen LogP contribution in [0, 0.1) is 12.3 Å². The second-order valence-corrected chi connectivity index (χ2v) is 7.03. The molecule has 1 aliphatic rings. The molecule has 1 amide bonds. The number of morpholine rings is 1. The topological polar surface area (TPSA) is 66.0 Å². The number of nitrogens with one attached hydrogen (secondary N) is 2. The predicted octanol–water partition coefficient (Wildman–Crippen LogP) is 1.72. The summed E-state index contributed by atoms with van der Waals surface area (Å²) in [4.78, 5) is 18.6. The maximum Gasteiger partial charge on any atom is 0.227 e. The first-order valence-corrected chi connectivity index (χ1v) is 8.74. The smallest absolute Gasteiger partial charge is 0.227 e. The van der Waals surface area contributed by atoms with Crippen molar-refractivity contribution in [2.45, 2.75) is 26.9 Å². The zero-order chi connectivity index (χ0) is 18.4. The van der Waals surface area contributed by atoms with E-state index in [0.29, 0.717) is 13.2 Å². The third-order valence-electron chi connectivity index (χ3n) is 4.64. The summed E-state index contributed by atoms with van der Waals surface area (Å²) in [6.45, 7) is 8.64. The molecule has 6 nitrogen and oxygen atoms in total. The first-order valence-electron chi connectivity index (χ1n) is 8.74. The number of rotatable bonds is 4.